The molecule has 0 fully saturated rings. The number of nitrogens with one attached hydrogen (secondary N) is 1. The first-order valence-corrected chi connectivity index (χ1v) is 8.38. The molecule has 3 aromatic heterocycles. The maximum Gasteiger partial charge on any atom is 0.276 e. The molecule has 0 bridgehead atoms. The van der Waals surface area contributed by atoms with Crippen LogP contribution in [-0.4, -0.2) is 42.8 Å². The first kappa shape index (κ1) is 17.3. The van der Waals surface area contributed by atoms with Gasteiger partial charge in [0.15, 0.2) is 11.5 Å². The van der Waals surface area contributed by atoms with Crippen molar-refractivity contribution in [3.8, 4) is 17.5 Å². The summed E-state index contributed by atoms with van der Waals surface area (Å²) in [5.74, 6) is 0.635. The number of anilines is 1. The second-order valence-electron chi connectivity index (χ2n) is 5.84. The third-order valence-electron chi connectivity index (χ3n) is 4.05. The summed E-state index contributed by atoms with van der Waals surface area (Å²) in [6.45, 7) is 0.530. The highest BCUT2D eigenvalue weighted by Gasteiger charge is 2.18. The minimum atomic E-state index is -0.594. The van der Waals surface area contributed by atoms with Gasteiger partial charge in [-0.15, -0.1) is 20.4 Å². The lowest BCUT2D eigenvalue weighted by molar-refractivity contribution is 0.100. The molecule has 0 atom stereocenters. The van der Waals surface area contributed by atoms with Gasteiger partial charge in [0.25, 0.3) is 11.8 Å². The first-order valence-electron chi connectivity index (χ1n) is 8.38. The van der Waals surface area contributed by atoms with Crippen LogP contribution in [0.15, 0.2) is 48.7 Å². The van der Waals surface area contributed by atoms with Gasteiger partial charge in [-0.25, -0.2) is 4.98 Å². The molecule has 0 aliphatic rings. The Morgan fingerprint density at radius 3 is 2.68 bits per heavy atom. The van der Waals surface area contributed by atoms with Crippen molar-refractivity contribution in [2.45, 2.75) is 6.54 Å². The number of carbonyl (C=O) groups is 1. The number of amides is 1. The third kappa shape index (κ3) is 3.18. The molecule has 0 saturated heterocycles. The van der Waals surface area contributed by atoms with Gasteiger partial charge in [0.05, 0.1) is 12.7 Å². The summed E-state index contributed by atoms with van der Waals surface area (Å²) in [5.41, 5.74) is 7.04. The Labute approximate surface area is 159 Å². The smallest absolute Gasteiger partial charge is 0.276 e. The van der Waals surface area contributed by atoms with Gasteiger partial charge >= 0.3 is 0 Å². The van der Waals surface area contributed by atoms with Gasteiger partial charge in [-0.3, -0.25) is 9.20 Å². The average Bonchev–Trinajstić information content (AvgIpc) is 3.17. The maximum atomic E-state index is 11.6. The van der Waals surface area contributed by atoms with Gasteiger partial charge in [0, 0.05) is 12.7 Å². The molecule has 4 rings (SSSR count). The van der Waals surface area contributed by atoms with Crippen LogP contribution in [0.2, 0.25) is 0 Å². The van der Waals surface area contributed by atoms with Gasteiger partial charge in [-0.05, 0) is 17.7 Å². The lowest BCUT2D eigenvalue weighted by Gasteiger charge is -2.09. The Morgan fingerprint density at radius 2 is 1.93 bits per heavy atom. The number of pyridine rings is 1. The van der Waals surface area contributed by atoms with Crippen molar-refractivity contribution in [1.82, 2.24) is 29.8 Å². The van der Waals surface area contributed by atoms with Crippen molar-refractivity contribution in [2.75, 3.05) is 12.4 Å². The van der Waals surface area contributed by atoms with E-state index in [0.717, 1.165) is 5.56 Å². The molecule has 10 heteroatoms. The molecular weight excluding hydrogens is 360 g/mol. The summed E-state index contributed by atoms with van der Waals surface area (Å²) in [7, 11) is 1.49. The van der Waals surface area contributed by atoms with Crippen LogP contribution in [0.1, 0.15) is 15.9 Å². The number of aromatic nitrogens is 6. The number of nitrogens with zero attached hydrogens (tertiary/aromatic N) is 6. The largest absolute Gasteiger partial charge is 0.477 e. The zero-order valence-corrected chi connectivity index (χ0v) is 14.9. The lowest BCUT2D eigenvalue weighted by atomic mass is 10.2. The molecule has 4 aromatic rings. The SMILES string of the molecule is COc1nnc(-c2nnc3c(C(N)=O)cccn23)nc1NCc1ccccc1. The number of primary amides is 1. The van der Waals surface area contributed by atoms with E-state index in [4.69, 9.17) is 10.5 Å². The van der Waals surface area contributed by atoms with Crippen LogP contribution >= 0.6 is 0 Å². The highest BCUT2D eigenvalue weighted by Crippen LogP contribution is 2.23. The summed E-state index contributed by atoms with van der Waals surface area (Å²) < 4.78 is 6.83. The zero-order chi connectivity index (χ0) is 19.5. The van der Waals surface area contributed by atoms with Crippen LogP contribution in [0, 0.1) is 0 Å². The van der Waals surface area contributed by atoms with E-state index in [1.165, 1.54) is 7.11 Å². The molecule has 3 heterocycles. The third-order valence-corrected chi connectivity index (χ3v) is 4.05. The fourth-order valence-corrected chi connectivity index (χ4v) is 2.71. The number of methoxy groups -OCH3 is 1. The van der Waals surface area contributed by atoms with Crippen LogP contribution in [-0.2, 0) is 6.54 Å². The number of benzene rings is 1. The molecule has 140 valence electrons. The molecule has 3 N–H and O–H groups in total. The van der Waals surface area contributed by atoms with Gasteiger partial charge in [0.2, 0.25) is 11.6 Å². The molecular formula is C18H16N8O2. The quantitative estimate of drug-likeness (QED) is 0.514. The maximum absolute atomic E-state index is 11.6. The Bertz CT molecular complexity index is 1140. The Morgan fingerprint density at radius 1 is 1.11 bits per heavy atom. The number of carbonyl (C=O) groups excluding carboxylic acids is 1. The fourth-order valence-electron chi connectivity index (χ4n) is 2.71. The summed E-state index contributed by atoms with van der Waals surface area (Å²) >= 11 is 0. The molecule has 1 aromatic carbocycles. The van der Waals surface area contributed by atoms with Crippen molar-refractivity contribution in [3.63, 3.8) is 0 Å². The van der Waals surface area contributed by atoms with Gasteiger partial charge in [-0.2, -0.15) is 0 Å². The number of hydrogen-bond donors (Lipinski definition) is 2. The van der Waals surface area contributed by atoms with Crippen molar-refractivity contribution in [2.24, 2.45) is 5.73 Å². The minimum Gasteiger partial charge on any atom is -0.477 e. The van der Waals surface area contributed by atoms with E-state index >= 15 is 0 Å². The van der Waals surface area contributed by atoms with Crippen molar-refractivity contribution >= 4 is 17.4 Å². The highest BCUT2D eigenvalue weighted by molar-refractivity contribution is 5.98. The van der Waals surface area contributed by atoms with E-state index in [1.54, 1.807) is 22.7 Å². The monoisotopic (exact) mass is 376 g/mol. The molecule has 1 amide bonds. The van der Waals surface area contributed by atoms with Gasteiger partial charge in [0.1, 0.15) is 0 Å². The predicted molar refractivity (Wildman–Crippen MR) is 101 cm³/mol. The van der Waals surface area contributed by atoms with E-state index in [9.17, 15) is 4.79 Å². The van der Waals surface area contributed by atoms with E-state index < -0.39 is 5.91 Å². The summed E-state index contributed by atoms with van der Waals surface area (Å²) in [5, 5.41) is 19.4. The number of rotatable bonds is 6. The summed E-state index contributed by atoms with van der Waals surface area (Å²) in [6.07, 6.45) is 1.70. The fraction of sp³-hybridized carbons (Fsp3) is 0.111. The highest BCUT2D eigenvalue weighted by atomic mass is 16.5. The molecule has 0 aliphatic carbocycles. The molecule has 0 aliphatic heterocycles. The number of fused-ring (bicyclic) bond motifs is 1. The number of ether oxygens (including phenoxy) is 1. The Balaban J connectivity index is 1.72. The van der Waals surface area contributed by atoms with Crippen LogP contribution in [0.25, 0.3) is 17.3 Å². The molecule has 0 radical (unpaired) electrons. The van der Waals surface area contributed by atoms with E-state index in [2.05, 4.69) is 30.7 Å². The van der Waals surface area contributed by atoms with Crippen molar-refractivity contribution in [3.05, 3.63) is 59.8 Å². The van der Waals surface area contributed by atoms with E-state index in [-0.39, 0.29) is 17.3 Å². The number of nitrogens with two attached hydrogens (primary N) is 1. The van der Waals surface area contributed by atoms with Crippen LogP contribution in [0.3, 0.4) is 0 Å². The molecule has 10 nitrogen and oxygen atoms in total. The molecule has 0 unspecified atom stereocenters. The van der Waals surface area contributed by atoms with Gasteiger partial charge < -0.3 is 15.8 Å². The molecule has 28 heavy (non-hydrogen) atoms. The van der Waals surface area contributed by atoms with Crippen LogP contribution in [0.4, 0.5) is 5.82 Å². The summed E-state index contributed by atoms with van der Waals surface area (Å²) in [4.78, 5) is 16.1. The average molecular weight is 376 g/mol. The minimum absolute atomic E-state index is 0.227. The van der Waals surface area contributed by atoms with E-state index in [0.29, 0.717) is 23.8 Å². The van der Waals surface area contributed by atoms with Crippen LogP contribution in [0.5, 0.6) is 5.88 Å². The standard InChI is InChI=1S/C18H16N8O2/c1-28-18-15(20-10-11-6-3-2-4-7-11)21-14(22-25-18)17-24-23-16-12(13(19)27)8-5-9-26(16)17/h2-9H,10H2,1H3,(H2,19,27)(H,20,21,22). The van der Waals surface area contributed by atoms with E-state index in [1.807, 2.05) is 30.3 Å². The van der Waals surface area contributed by atoms with Crippen molar-refractivity contribution < 1.29 is 9.53 Å². The number of hydrogen-bond acceptors (Lipinski definition) is 8. The van der Waals surface area contributed by atoms with Crippen LogP contribution < -0.4 is 15.8 Å². The lowest BCUT2D eigenvalue weighted by Crippen LogP contribution is -2.12. The normalized spacial score (nSPS) is 10.8. The van der Waals surface area contributed by atoms with Gasteiger partial charge in [-0.1, -0.05) is 30.3 Å². The molecule has 0 saturated carbocycles. The topological polar surface area (TPSA) is 133 Å². The summed E-state index contributed by atoms with van der Waals surface area (Å²) in [6, 6.07) is 13.1. The first-order chi connectivity index (χ1) is 13.7. The second-order valence-corrected chi connectivity index (χ2v) is 5.84. The Hall–Kier alpha value is -4.08. The second kappa shape index (κ2) is 7.27. The zero-order valence-electron chi connectivity index (χ0n) is 14.9. The molecule has 0 spiro atoms. The predicted octanol–water partition coefficient (Wildman–Crippen LogP) is 1.30. The Kier molecular flexibility index (Phi) is 4.50. The van der Waals surface area contributed by atoms with Crippen molar-refractivity contribution in [1.29, 1.82) is 0 Å².